The number of hydrogen-bond acceptors (Lipinski definition) is 4. The third kappa shape index (κ3) is 3.42. The van der Waals surface area contributed by atoms with E-state index in [1.54, 1.807) is 21.9 Å². The smallest absolute Gasteiger partial charge is 0.255 e. The molecule has 1 amide bonds. The summed E-state index contributed by atoms with van der Waals surface area (Å²) < 4.78 is 3.46. The highest BCUT2D eigenvalue weighted by molar-refractivity contribution is 5.95. The van der Waals surface area contributed by atoms with Crippen molar-refractivity contribution in [3.8, 4) is 11.4 Å². The Kier molecular flexibility index (Phi) is 4.72. The molecule has 0 aliphatic carbocycles. The summed E-state index contributed by atoms with van der Waals surface area (Å²) in [4.78, 5) is 16.7. The summed E-state index contributed by atoms with van der Waals surface area (Å²) in [6.45, 7) is 3.85. The molecule has 0 saturated carbocycles. The van der Waals surface area contributed by atoms with Crippen LogP contribution in [0.2, 0.25) is 0 Å². The minimum absolute atomic E-state index is 0.142. The van der Waals surface area contributed by atoms with Gasteiger partial charge in [-0.25, -0.2) is 14.3 Å². The maximum atomic E-state index is 12.8. The molecule has 2 heterocycles. The zero-order chi connectivity index (χ0) is 19.5. The SMILES string of the molecule is Cc1c(C(=O)NC(C)c2ccc(-n3cncn3)cc2)cnn1-c1ccccc1. The summed E-state index contributed by atoms with van der Waals surface area (Å²) in [6.07, 6.45) is 4.75. The van der Waals surface area contributed by atoms with Gasteiger partial charge in [0, 0.05) is 0 Å². The lowest BCUT2D eigenvalue weighted by Crippen LogP contribution is -2.27. The summed E-state index contributed by atoms with van der Waals surface area (Å²) in [5, 5.41) is 11.5. The quantitative estimate of drug-likeness (QED) is 0.583. The Morgan fingerprint density at radius 1 is 1.00 bits per heavy atom. The number of carbonyl (C=O) groups excluding carboxylic acids is 1. The standard InChI is InChI=1S/C21H20N6O/c1-15(17-8-10-18(11-9-17)26-14-22-13-24-26)25-21(28)20-12-23-27(16(20)2)19-6-4-3-5-7-19/h3-15H,1-2H3,(H,25,28). The predicted molar refractivity (Wildman–Crippen MR) is 106 cm³/mol. The maximum Gasteiger partial charge on any atom is 0.255 e. The van der Waals surface area contributed by atoms with Crippen LogP contribution >= 0.6 is 0 Å². The number of carbonyl (C=O) groups is 1. The van der Waals surface area contributed by atoms with Crippen LogP contribution in [0.15, 0.2) is 73.4 Å². The zero-order valence-corrected chi connectivity index (χ0v) is 15.6. The van der Waals surface area contributed by atoms with E-state index in [0.717, 1.165) is 22.6 Å². The first kappa shape index (κ1) is 17.7. The van der Waals surface area contributed by atoms with Crippen molar-refractivity contribution in [2.45, 2.75) is 19.9 Å². The number of rotatable bonds is 5. The first-order valence-corrected chi connectivity index (χ1v) is 8.99. The van der Waals surface area contributed by atoms with Crippen molar-refractivity contribution in [2.24, 2.45) is 0 Å². The van der Waals surface area contributed by atoms with Crippen LogP contribution in [-0.2, 0) is 0 Å². The third-order valence-electron chi connectivity index (χ3n) is 4.68. The van der Waals surface area contributed by atoms with Crippen molar-refractivity contribution in [1.82, 2.24) is 29.9 Å². The fourth-order valence-corrected chi connectivity index (χ4v) is 3.08. The highest BCUT2D eigenvalue weighted by atomic mass is 16.1. The van der Waals surface area contributed by atoms with Crippen LogP contribution < -0.4 is 5.32 Å². The Bertz CT molecular complexity index is 1070. The number of benzene rings is 2. The van der Waals surface area contributed by atoms with Crippen molar-refractivity contribution in [3.05, 3.63) is 90.3 Å². The second-order valence-electron chi connectivity index (χ2n) is 6.52. The molecule has 4 aromatic rings. The molecular weight excluding hydrogens is 352 g/mol. The average molecular weight is 372 g/mol. The number of nitrogens with zero attached hydrogens (tertiary/aromatic N) is 5. The van der Waals surface area contributed by atoms with Crippen LogP contribution in [0.4, 0.5) is 0 Å². The van der Waals surface area contributed by atoms with Gasteiger partial charge in [-0.1, -0.05) is 30.3 Å². The molecule has 0 saturated heterocycles. The van der Waals surface area contributed by atoms with Gasteiger partial charge in [-0.3, -0.25) is 4.79 Å². The van der Waals surface area contributed by atoms with Crippen molar-refractivity contribution >= 4 is 5.91 Å². The van der Waals surface area contributed by atoms with Gasteiger partial charge in [0.05, 0.1) is 34.9 Å². The summed E-state index contributed by atoms with van der Waals surface area (Å²) >= 11 is 0. The highest BCUT2D eigenvalue weighted by Gasteiger charge is 2.17. The van der Waals surface area contributed by atoms with E-state index in [0.29, 0.717) is 5.56 Å². The third-order valence-corrected chi connectivity index (χ3v) is 4.68. The Morgan fingerprint density at radius 2 is 1.75 bits per heavy atom. The largest absolute Gasteiger partial charge is 0.345 e. The molecule has 1 N–H and O–H groups in total. The molecule has 7 heteroatoms. The molecule has 0 fully saturated rings. The van der Waals surface area contributed by atoms with Crippen molar-refractivity contribution in [3.63, 3.8) is 0 Å². The zero-order valence-electron chi connectivity index (χ0n) is 15.6. The Hall–Kier alpha value is -3.74. The number of hydrogen-bond donors (Lipinski definition) is 1. The molecule has 0 spiro atoms. The lowest BCUT2D eigenvalue weighted by atomic mass is 10.1. The number of para-hydroxylation sites is 1. The van der Waals surface area contributed by atoms with E-state index in [9.17, 15) is 4.79 Å². The first-order chi connectivity index (χ1) is 13.6. The summed E-state index contributed by atoms with van der Waals surface area (Å²) in [7, 11) is 0. The monoisotopic (exact) mass is 372 g/mol. The van der Waals surface area contributed by atoms with Crippen LogP contribution in [0.25, 0.3) is 11.4 Å². The van der Waals surface area contributed by atoms with E-state index in [-0.39, 0.29) is 11.9 Å². The van der Waals surface area contributed by atoms with E-state index in [4.69, 9.17) is 0 Å². The summed E-state index contributed by atoms with van der Waals surface area (Å²) in [5.41, 5.74) is 4.22. The molecule has 2 aromatic carbocycles. The Morgan fingerprint density at radius 3 is 2.43 bits per heavy atom. The molecule has 0 aliphatic heterocycles. The lowest BCUT2D eigenvalue weighted by Gasteiger charge is -2.15. The van der Waals surface area contributed by atoms with E-state index in [1.165, 1.54) is 6.33 Å². The van der Waals surface area contributed by atoms with Crippen LogP contribution in [0.3, 0.4) is 0 Å². The number of aromatic nitrogens is 5. The molecule has 28 heavy (non-hydrogen) atoms. The van der Waals surface area contributed by atoms with Crippen molar-refractivity contribution < 1.29 is 4.79 Å². The first-order valence-electron chi connectivity index (χ1n) is 8.99. The van der Waals surface area contributed by atoms with Gasteiger partial charge >= 0.3 is 0 Å². The number of amides is 1. The molecule has 140 valence electrons. The van der Waals surface area contributed by atoms with Gasteiger partial charge < -0.3 is 5.32 Å². The molecule has 1 atom stereocenters. The fourth-order valence-electron chi connectivity index (χ4n) is 3.08. The molecule has 4 rings (SSSR count). The molecular formula is C21H20N6O. The van der Waals surface area contributed by atoms with Crippen LogP contribution in [-0.4, -0.2) is 30.5 Å². The molecule has 2 aromatic heterocycles. The van der Waals surface area contributed by atoms with Crippen molar-refractivity contribution in [2.75, 3.05) is 0 Å². The average Bonchev–Trinajstić information content (AvgIpc) is 3.39. The molecule has 0 aliphatic rings. The van der Waals surface area contributed by atoms with Gasteiger partial charge in [-0.15, -0.1) is 0 Å². The van der Waals surface area contributed by atoms with Crippen LogP contribution in [0.1, 0.15) is 34.6 Å². The van der Waals surface area contributed by atoms with Gasteiger partial charge in [0.25, 0.3) is 5.91 Å². The Balaban J connectivity index is 1.48. The highest BCUT2D eigenvalue weighted by Crippen LogP contribution is 2.18. The van der Waals surface area contributed by atoms with Gasteiger partial charge in [0.2, 0.25) is 0 Å². The van der Waals surface area contributed by atoms with Gasteiger partial charge in [-0.05, 0) is 43.7 Å². The number of nitrogens with one attached hydrogen (secondary N) is 1. The summed E-state index contributed by atoms with van der Waals surface area (Å²) in [6, 6.07) is 17.5. The second-order valence-corrected chi connectivity index (χ2v) is 6.52. The predicted octanol–water partition coefficient (Wildman–Crippen LogP) is 3.25. The topological polar surface area (TPSA) is 77.6 Å². The normalized spacial score (nSPS) is 11.9. The maximum absolute atomic E-state index is 12.8. The van der Waals surface area contributed by atoms with E-state index in [2.05, 4.69) is 20.5 Å². The van der Waals surface area contributed by atoms with E-state index < -0.39 is 0 Å². The molecule has 7 nitrogen and oxygen atoms in total. The van der Waals surface area contributed by atoms with Crippen molar-refractivity contribution in [1.29, 1.82) is 0 Å². The van der Waals surface area contributed by atoms with Gasteiger partial charge in [0.15, 0.2) is 0 Å². The van der Waals surface area contributed by atoms with E-state index >= 15 is 0 Å². The lowest BCUT2D eigenvalue weighted by molar-refractivity contribution is 0.0939. The minimum Gasteiger partial charge on any atom is -0.345 e. The molecule has 0 radical (unpaired) electrons. The molecule has 1 unspecified atom stereocenters. The Labute approximate surface area is 162 Å². The van der Waals surface area contributed by atoms with Gasteiger partial charge in [-0.2, -0.15) is 10.2 Å². The van der Waals surface area contributed by atoms with E-state index in [1.807, 2.05) is 68.4 Å². The summed E-state index contributed by atoms with van der Waals surface area (Å²) in [5.74, 6) is -0.146. The van der Waals surface area contributed by atoms with Crippen LogP contribution in [0.5, 0.6) is 0 Å². The second kappa shape index (κ2) is 7.48. The van der Waals surface area contributed by atoms with Gasteiger partial charge in [0.1, 0.15) is 12.7 Å². The minimum atomic E-state index is -0.146. The fraction of sp³-hybridized carbons (Fsp3) is 0.143. The van der Waals surface area contributed by atoms with Crippen LogP contribution in [0, 0.1) is 6.92 Å². The molecule has 0 bridgehead atoms.